The number of ether oxygens (including phenoxy) is 1. The van der Waals surface area contributed by atoms with E-state index in [2.05, 4.69) is 29.2 Å². The third kappa shape index (κ3) is 3.63. The maximum Gasteiger partial charge on any atom is 0.326 e. The van der Waals surface area contributed by atoms with Crippen molar-refractivity contribution < 1.29 is 9.53 Å². The largest absolute Gasteiger partial charge is 0.461 e. The van der Waals surface area contributed by atoms with Gasteiger partial charge in [0.05, 0.1) is 11.7 Å². The molecular weight excluding hydrogens is 396 g/mol. The Bertz CT molecular complexity index is 1280. The van der Waals surface area contributed by atoms with E-state index >= 15 is 0 Å². The average Bonchev–Trinajstić information content (AvgIpc) is 3.21. The summed E-state index contributed by atoms with van der Waals surface area (Å²) in [7, 11) is 0. The van der Waals surface area contributed by atoms with Gasteiger partial charge < -0.3 is 4.74 Å². The van der Waals surface area contributed by atoms with E-state index in [-0.39, 0.29) is 24.2 Å². The minimum Gasteiger partial charge on any atom is -0.461 e. The summed E-state index contributed by atoms with van der Waals surface area (Å²) in [6.45, 7) is -0.106. The second-order valence-corrected chi connectivity index (χ2v) is 8.68. The molecule has 0 radical (unpaired) electrons. The lowest BCUT2D eigenvalue weighted by molar-refractivity contribution is -0.151. The Morgan fingerprint density at radius 1 is 1.10 bits per heavy atom. The van der Waals surface area contributed by atoms with Gasteiger partial charge in [0.15, 0.2) is 0 Å². The van der Waals surface area contributed by atoms with E-state index in [0.29, 0.717) is 10.2 Å². The van der Waals surface area contributed by atoms with Gasteiger partial charge in [0, 0.05) is 10.9 Å². The van der Waals surface area contributed by atoms with Gasteiger partial charge >= 0.3 is 5.97 Å². The highest BCUT2D eigenvalue weighted by molar-refractivity contribution is 7.17. The molecule has 6 heteroatoms. The van der Waals surface area contributed by atoms with Crippen molar-refractivity contribution in [2.45, 2.75) is 44.8 Å². The molecule has 1 fully saturated rings. The summed E-state index contributed by atoms with van der Waals surface area (Å²) in [6.07, 6.45) is 6.64. The molecule has 0 amide bonds. The van der Waals surface area contributed by atoms with Crippen LogP contribution in [-0.4, -0.2) is 21.6 Å². The molecule has 1 aliphatic carbocycles. The van der Waals surface area contributed by atoms with Crippen LogP contribution in [0.15, 0.2) is 59.0 Å². The molecule has 0 spiro atoms. The van der Waals surface area contributed by atoms with E-state index in [1.807, 2.05) is 23.6 Å². The first-order chi connectivity index (χ1) is 14.7. The molecule has 1 aliphatic rings. The van der Waals surface area contributed by atoms with E-state index in [9.17, 15) is 9.59 Å². The summed E-state index contributed by atoms with van der Waals surface area (Å²) in [4.78, 5) is 30.7. The molecule has 0 aliphatic heterocycles. The molecule has 152 valence electrons. The second-order valence-electron chi connectivity index (χ2n) is 7.82. The lowest BCUT2D eigenvalue weighted by Crippen LogP contribution is -2.28. The van der Waals surface area contributed by atoms with Crippen molar-refractivity contribution in [1.82, 2.24) is 9.55 Å². The quantitative estimate of drug-likeness (QED) is 0.430. The Labute approximate surface area is 177 Å². The fraction of sp³-hybridized carbons (Fsp3) is 0.292. The molecule has 1 saturated carbocycles. The summed E-state index contributed by atoms with van der Waals surface area (Å²) in [5.41, 5.74) is 1.62. The van der Waals surface area contributed by atoms with Crippen molar-refractivity contribution in [3.63, 3.8) is 0 Å². The fourth-order valence-electron chi connectivity index (χ4n) is 4.19. The van der Waals surface area contributed by atoms with Crippen LogP contribution in [-0.2, 0) is 16.1 Å². The smallest absolute Gasteiger partial charge is 0.326 e. The van der Waals surface area contributed by atoms with Crippen LogP contribution in [0.4, 0.5) is 0 Å². The van der Waals surface area contributed by atoms with Crippen LogP contribution in [0.2, 0.25) is 0 Å². The van der Waals surface area contributed by atoms with E-state index in [4.69, 9.17) is 4.74 Å². The highest BCUT2D eigenvalue weighted by Crippen LogP contribution is 2.32. The number of fused-ring (bicyclic) bond motifs is 2. The summed E-state index contributed by atoms with van der Waals surface area (Å²) in [5.74, 6) is -0.368. The monoisotopic (exact) mass is 418 g/mol. The van der Waals surface area contributed by atoms with Crippen molar-refractivity contribution >= 4 is 38.3 Å². The van der Waals surface area contributed by atoms with Gasteiger partial charge in [-0.1, -0.05) is 42.8 Å². The Morgan fingerprint density at radius 3 is 2.73 bits per heavy atom. The maximum atomic E-state index is 13.2. The molecular formula is C24H22N2O3S. The number of benzene rings is 2. The van der Waals surface area contributed by atoms with Gasteiger partial charge in [-0.2, -0.15) is 0 Å². The van der Waals surface area contributed by atoms with Crippen molar-refractivity contribution in [2.24, 2.45) is 0 Å². The Hall–Kier alpha value is -2.99. The Kier molecular flexibility index (Phi) is 5.09. The molecule has 2 heterocycles. The van der Waals surface area contributed by atoms with Crippen molar-refractivity contribution in [3.05, 3.63) is 64.5 Å². The molecule has 0 bridgehead atoms. The molecule has 0 N–H and O–H groups in total. The van der Waals surface area contributed by atoms with Gasteiger partial charge in [0.1, 0.15) is 17.5 Å². The van der Waals surface area contributed by atoms with Crippen molar-refractivity contribution in [3.8, 4) is 11.1 Å². The summed E-state index contributed by atoms with van der Waals surface area (Å²) < 4.78 is 6.95. The van der Waals surface area contributed by atoms with Crippen molar-refractivity contribution in [1.29, 1.82) is 0 Å². The first kappa shape index (κ1) is 19.0. The lowest BCUT2D eigenvalue weighted by Gasteiger charge is -2.21. The number of thiophene rings is 1. The second kappa shape index (κ2) is 8.03. The average molecular weight is 419 g/mol. The number of esters is 1. The Balaban J connectivity index is 1.47. The van der Waals surface area contributed by atoms with Crippen LogP contribution < -0.4 is 5.56 Å². The zero-order valence-electron chi connectivity index (χ0n) is 16.5. The first-order valence-corrected chi connectivity index (χ1v) is 11.2. The number of nitrogens with zero attached hydrogens (tertiary/aromatic N) is 2. The number of rotatable bonds is 4. The topological polar surface area (TPSA) is 61.2 Å². The van der Waals surface area contributed by atoms with Crippen LogP contribution in [0.5, 0.6) is 0 Å². The van der Waals surface area contributed by atoms with E-state index in [0.717, 1.165) is 47.6 Å². The number of hydrogen-bond donors (Lipinski definition) is 0. The number of hydrogen-bond acceptors (Lipinski definition) is 5. The van der Waals surface area contributed by atoms with Crippen LogP contribution in [0.25, 0.3) is 32.1 Å². The van der Waals surface area contributed by atoms with Gasteiger partial charge in [-0.25, -0.2) is 4.98 Å². The molecule has 4 aromatic rings. The Morgan fingerprint density at radius 2 is 1.90 bits per heavy atom. The predicted molar refractivity (Wildman–Crippen MR) is 120 cm³/mol. The minimum absolute atomic E-state index is 0.0204. The van der Waals surface area contributed by atoms with Crippen LogP contribution in [0.1, 0.15) is 32.1 Å². The van der Waals surface area contributed by atoms with E-state index in [1.165, 1.54) is 28.7 Å². The molecule has 5 nitrogen and oxygen atoms in total. The van der Waals surface area contributed by atoms with E-state index < -0.39 is 0 Å². The van der Waals surface area contributed by atoms with Gasteiger partial charge in [0.2, 0.25) is 0 Å². The van der Waals surface area contributed by atoms with E-state index in [1.54, 1.807) is 0 Å². The standard InChI is InChI=1S/C24H22N2O3S/c27-21(29-19-8-2-1-3-9-19)13-26-15-25-23-22(24(26)28)20(14-30-23)18-11-10-16-6-4-5-7-17(16)12-18/h4-7,10-12,14-15,19H,1-3,8-9,13H2. The predicted octanol–water partition coefficient (Wildman–Crippen LogP) is 5.15. The molecule has 0 unspecified atom stereocenters. The minimum atomic E-state index is -0.368. The molecule has 0 atom stereocenters. The van der Waals surface area contributed by atoms with Crippen LogP contribution in [0, 0.1) is 0 Å². The summed E-state index contributed by atoms with van der Waals surface area (Å²) >= 11 is 1.44. The molecule has 2 aromatic carbocycles. The molecule has 2 aromatic heterocycles. The molecule has 30 heavy (non-hydrogen) atoms. The maximum absolute atomic E-state index is 13.2. The highest BCUT2D eigenvalue weighted by Gasteiger charge is 2.19. The van der Waals surface area contributed by atoms with Crippen molar-refractivity contribution in [2.75, 3.05) is 0 Å². The van der Waals surface area contributed by atoms with Gasteiger partial charge in [0.25, 0.3) is 5.56 Å². The summed E-state index contributed by atoms with van der Waals surface area (Å²) in [5, 5.41) is 4.80. The normalized spacial score (nSPS) is 14.9. The zero-order valence-corrected chi connectivity index (χ0v) is 17.4. The third-order valence-corrected chi connectivity index (χ3v) is 6.66. The summed E-state index contributed by atoms with van der Waals surface area (Å²) in [6, 6.07) is 14.3. The van der Waals surface area contributed by atoms with Gasteiger partial charge in [-0.15, -0.1) is 11.3 Å². The van der Waals surface area contributed by atoms with Crippen LogP contribution >= 0.6 is 11.3 Å². The zero-order chi connectivity index (χ0) is 20.5. The highest BCUT2D eigenvalue weighted by atomic mass is 32.1. The first-order valence-electron chi connectivity index (χ1n) is 10.3. The number of carbonyl (C=O) groups excluding carboxylic acids is 1. The SMILES string of the molecule is O=C(Cn1cnc2scc(-c3ccc4ccccc4c3)c2c1=O)OC1CCCCC1. The molecule has 5 rings (SSSR count). The third-order valence-electron chi connectivity index (χ3n) is 5.77. The fourth-order valence-corrected chi connectivity index (χ4v) is 5.10. The molecule has 0 saturated heterocycles. The van der Waals surface area contributed by atoms with Gasteiger partial charge in [-0.3, -0.25) is 14.2 Å². The number of carbonyl (C=O) groups is 1. The lowest BCUT2D eigenvalue weighted by atomic mass is 9.98. The number of aromatic nitrogens is 2. The van der Waals surface area contributed by atoms with Gasteiger partial charge in [-0.05, 0) is 48.1 Å². The van der Waals surface area contributed by atoms with Crippen LogP contribution in [0.3, 0.4) is 0 Å².